The summed E-state index contributed by atoms with van der Waals surface area (Å²) in [5.41, 5.74) is 2.25. The second-order valence-corrected chi connectivity index (χ2v) is 7.39. The Hall–Kier alpha value is -2.62. The fourth-order valence-electron chi connectivity index (χ4n) is 3.42. The van der Waals surface area contributed by atoms with Gasteiger partial charge in [-0.1, -0.05) is 37.1 Å². The monoisotopic (exact) mass is 374 g/mol. The lowest BCUT2D eigenvalue weighted by Crippen LogP contribution is -2.51. The van der Waals surface area contributed by atoms with E-state index >= 15 is 0 Å². The number of fused-ring (bicyclic) bond motifs is 1. The second kappa shape index (κ2) is 6.60. The molecular formula is C16H18N6O3S. The second-order valence-electron chi connectivity index (χ2n) is 6.45. The van der Waals surface area contributed by atoms with Gasteiger partial charge in [-0.05, 0) is 25.0 Å². The molecule has 4 amide bonds. The van der Waals surface area contributed by atoms with E-state index in [9.17, 15) is 14.4 Å². The summed E-state index contributed by atoms with van der Waals surface area (Å²) in [5.74, 6) is -0.799. The molecule has 2 aliphatic rings. The van der Waals surface area contributed by atoms with Crippen LogP contribution in [-0.2, 0) is 9.59 Å². The van der Waals surface area contributed by atoms with E-state index in [-0.39, 0.29) is 11.7 Å². The number of carbonyl (C=O) groups is 3. The molecule has 0 bridgehead atoms. The Kier molecular flexibility index (Phi) is 4.27. The number of amides is 4. The average Bonchev–Trinajstić information content (AvgIpc) is 3.16. The summed E-state index contributed by atoms with van der Waals surface area (Å²) >= 11 is 1.19. The summed E-state index contributed by atoms with van der Waals surface area (Å²) in [5, 5.41) is 12.2. The highest BCUT2D eigenvalue weighted by atomic mass is 32.2. The number of thioether (sulfide) groups is 1. The quantitative estimate of drug-likeness (QED) is 0.613. The van der Waals surface area contributed by atoms with E-state index in [4.69, 9.17) is 0 Å². The number of hydrogen-bond donors (Lipinski definition) is 2. The van der Waals surface area contributed by atoms with Crippen molar-refractivity contribution in [2.45, 2.75) is 42.8 Å². The van der Waals surface area contributed by atoms with Crippen LogP contribution >= 0.6 is 11.8 Å². The van der Waals surface area contributed by atoms with Gasteiger partial charge in [0.1, 0.15) is 5.54 Å². The predicted octanol–water partition coefficient (Wildman–Crippen LogP) is 1.11. The lowest BCUT2D eigenvalue weighted by atomic mass is 9.82. The Morgan fingerprint density at radius 3 is 2.85 bits per heavy atom. The molecule has 0 unspecified atom stereocenters. The lowest BCUT2D eigenvalue weighted by Gasteiger charge is -2.30. The molecule has 2 aromatic heterocycles. The van der Waals surface area contributed by atoms with Crippen molar-refractivity contribution in [3.05, 3.63) is 24.4 Å². The smallest absolute Gasteiger partial charge is 0.322 e. The van der Waals surface area contributed by atoms with Crippen molar-refractivity contribution in [2.24, 2.45) is 0 Å². The molecule has 3 heterocycles. The van der Waals surface area contributed by atoms with Crippen LogP contribution in [0.25, 0.3) is 5.65 Å². The van der Waals surface area contributed by atoms with Gasteiger partial charge in [0.2, 0.25) is 5.91 Å². The van der Waals surface area contributed by atoms with E-state index in [1.54, 1.807) is 10.6 Å². The van der Waals surface area contributed by atoms with E-state index < -0.39 is 17.5 Å². The zero-order valence-electron chi connectivity index (χ0n) is 14.0. The van der Waals surface area contributed by atoms with Crippen molar-refractivity contribution in [3.63, 3.8) is 0 Å². The summed E-state index contributed by atoms with van der Waals surface area (Å²) in [6, 6.07) is 4.94. The molecule has 2 N–H and O–H groups in total. The van der Waals surface area contributed by atoms with Gasteiger partial charge in [-0.25, -0.2) is 4.79 Å². The zero-order valence-corrected chi connectivity index (χ0v) is 14.8. The van der Waals surface area contributed by atoms with Crippen molar-refractivity contribution in [3.8, 4) is 0 Å². The molecule has 9 nitrogen and oxygen atoms in total. The molecule has 0 radical (unpaired) electrons. The van der Waals surface area contributed by atoms with Crippen molar-refractivity contribution in [2.75, 3.05) is 5.75 Å². The van der Waals surface area contributed by atoms with Crippen LogP contribution in [0.1, 0.15) is 32.1 Å². The molecule has 26 heavy (non-hydrogen) atoms. The molecule has 1 saturated carbocycles. The highest BCUT2D eigenvalue weighted by Crippen LogP contribution is 2.33. The van der Waals surface area contributed by atoms with Gasteiger partial charge < -0.3 is 5.32 Å². The number of nitrogens with zero attached hydrogens (tertiary/aromatic N) is 4. The van der Waals surface area contributed by atoms with Crippen molar-refractivity contribution in [1.29, 1.82) is 0 Å². The number of pyridine rings is 1. The van der Waals surface area contributed by atoms with Crippen molar-refractivity contribution < 1.29 is 14.4 Å². The minimum Gasteiger partial charge on any atom is -0.322 e. The fourth-order valence-corrected chi connectivity index (χ4v) is 4.14. The first-order valence-corrected chi connectivity index (χ1v) is 9.46. The number of urea groups is 1. The summed E-state index contributed by atoms with van der Waals surface area (Å²) < 4.78 is 1.77. The SMILES string of the molecule is O=C(CSc1nnc2ccccn12)NN1C(=O)NC2(CCCCC2)C1=O. The van der Waals surface area contributed by atoms with Crippen molar-refractivity contribution in [1.82, 2.24) is 30.3 Å². The first kappa shape index (κ1) is 16.8. The molecule has 1 aliphatic heterocycles. The summed E-state index contributed by atoms with van der Waals surface area (Å²) in [6.45, 7) is 0. The van der Waals surface area contributed by atoms with Gasteiger partial charge in [-0.15, -0.1) is 10.2 Å². The van der Waals surface area contributed by atoms with Crippen LogP contribution in [0, 0.1) is 0 Å². The molecule has 4 rings (SSSR count). The van der Waals surface area contributed by atoms with Gasteiger partial charge in [0.05, 0.1) is 5.75 Å². The maximum Gasteiger partial charge on any atom is 0.344 e. The summed E-state index contributed by atoms with van der Waals surface area (Å²) in [7, 11) is 0. The Balaban J connectivity index is 1.39. The number of aromatic nitrogens is 3. The van der Waals surface area contributed by atoms with Gasteiger partial charge in [-0.2, -0.15) is 5.01 Å². The van der Waals surface area contributed by atoms with Gasteiger partial charge in [-0.3, -0.25) is 19.4 Å². The van der Waals surface area contributed by atoms with E-state index in [1.807, 2.05) is 18.2 Å². The number of imide groups is 1. The molecule has 0 aromatic carbocycles. The lowest BCUT2D eigenvalue weighted by molar-refractivity contribution is -0.139. The number of rotatable bonds is 4. The van der Waals surface area contributed by atoms with Gasteiger partial charge in [0, 0.05) is 6.20 Å². The summed E-state index contributed by atoms with van der Waals surface area (Å²) in [6.07, 6.45) is 5.88. The van der Waals surface area contributed by atoms with Crippen LogP contribution in [0.4, 0.5) is 4.79 Å². The number of nitrogens with one attached hydrogen (secondary N) is 2. The molecule has 10 heteroatoms. The average molecular weight is 374 g/mol. The van der Waals surface area contributed by atoms with Gasteiger partial charge in [0.15, 0.2) is 10.8 Å². The van der Waals surface area contributed by atoms with Crippen LogP contribution in [0.15, 0.2) is 29.6 Å². The Labute approximate surface area is 153 Å². The third-order valence-electron chi connectivity index (χ3n) is 4.72. The first-order chi connectivity index (χ1) is 12.6. The van der Waals surface area contributed by atoms with Crippen LogP contribution in [-0.4, -0.2) is 48.7 Å². The van der Waals surface area contributed by atoms with Gasteiger partial charge >= 0.3 is 6.03 Å². The maximum atomic E-state index is 12.6. The molecule has 1 saturated heterocycles. The Morgan fingerprint density at radius 1 is 1.23 bits per heavy atom. The zero-order chi connectivity index (χ0) is 18.1. The number of carbonyl (C=O) groups excluding carboxylic acids is 3. The number of hydrogen-bond acceptors (Lipinski definition) is 6. The largest absolute Gasteiger partial charge is 0.344 e. The van der Waals surface area contributed by atoms with Crippen LogP contribution in [0.2, 0.25) is 0 Å². The minimum atomic E-state index is -0.848. The van der Waals surface area contributed by atoms with E-state index in [0.29, 0.717) is 23.6 Å². The molecule has 2 aromatic rings. The third kappa shape index (κ3) is 2.90. The number of hydrazine groups is 1. The molecule has 0 atom stereocenters. The molecule has 1 spiro atoms. The molecular weight excluding hydrogens is 356 g/mol. The standard InChI is InChI=1S/C16H18N6O3S/c23-12(10-26-15-19-18-11-6-2-5-9-21(11)15)20-22-13(24)16(17-14(22)25)7-3-1-4-8-16/h2,5-6,9H,1,3-4,7-8,10H2,(H,17,25)(H,20,23). The van der Waals surface area contributed by atoms with E-state index in [1.165, 1.54) is 11.8 Å². The van der Waals surface area contributed by atoms with Crippen LogP contribution in [0.3, 0.4) is 0 Å². The molecule has 1 aliphatic carbocycles. The minimum absolute atomic E-state index is 0.0136. The molecule has 2 fully saturated rings. The van der Waals surface area contributed by atoms with Crippen molar-refractivity contribution >= 4 is 35.3 Å². The topological polar surface area (TPSA) is 109 Å². The highest BCUT2D eigenvalue weighted by molar-refractivity contribution is 7.99. The fraction of sp³-hybridized carbons (Fsp3) is 0.438. The third-order valence-corrected chi connectivity index (χ3v) is 5.66. The van der Waals surface area contributed by atoms with E-state index in [0.717, 1.165) is 24.3 Å². The Morgan fingerprint density at radius 2 is 2.04 bits per heavy atom. The highest BCUT2D eigenvalue weighted by Gasteiger charge is 2.52. The van der Waals surface area contributed by atoms with Crippen LogP contribution in [0.5, 0.6) is 0 Å². The Bertz CT molecular complexity index is 876. The summed E-state index contributed by atoms with van der Waals surface area (Å²) in [4.78, 5) is 37.0. The molecule has 136 valence electrons. The normalized spacial score (nSPS) is 19.2. The maximum absolute atomic E-state index is 12.6. The van der Waals surface area contributed by atoms with E-state index in [2.05, 4.69) is 20.9 Å². The predicted molar refractivity (Wildman–Crippen MR) is 93.0 cm³/mol. The first-order valence-electron chi connectivity index (χ1n) is 8.48. The van der Waals surface area contributed by atoms with Gasteiger partial charge in [0.25, 0.3) is 5.91 Å². The van der Waals surface area contributed by atoms with Crippen LogP contribution < -0.4 is 10.7 Å².